The van der Waals surface area contributed by atoms with Gasteiger partial charge in [0, 0.05) is 44.0 Å². The maximum absolute atomic E-state index is 12.1. The molecular formula is C18H21N3O2. The fourth-order valence-corrected chi connectivity index (χ4v) is 2.82. The minimum atomic E-state index is -0.150. The number of hydrogen-bond donors (Lipinski definition) is 1. The van der Waals surface area contributed by atoms with E-state index in [1.807, 2.05) is 24.3 Å². The van der Waals surface area contributed by atoms with Crippen molar-refractivity contribution in [3.05, 3.63) is 54.4 Å². The summed E-state index contributed by atoms with van der Waals surface area (Å²) in [6.07, 6.45) is 5.76. The summed E-state index contributed by atoms with van der Waals surface area (Å²) >= 11 is 0. The highest BCUT2D eigenvalue weighted by atomic mass is 16.5. The average molecular weight is 311 g/mol. The van der Waals surface area contributed by atoms with Crippen LogP contribution in [0.3, 0.4) is 0 Å². The molecule has 0 spiro atoms. The molecule has 2 aromatic rings. The molecule has 1 aliphatic heterocycles. The monoisotopic (exact) mass is 311 g/mol. The number of hydrogen-bond acceptors (Lipinski definition) is 4. The van der Waals surface area contributed by atoms with E-state index >= 15 is 0 Å². The first-order chi connectivity index (χ1) is 11.3. The highest BCUT2D eigenvalue weighted by Crippen LogP contribution is 2.23. The van der Waals surface area contributed by atoms with Gasteiger partial charge in [0.1, 0.15) is 0 Å². The minimum Gasteiger partial charge on any atom is -0.380 e. The third-order valence-electron chi connectivity index (χ3n) is 4.13. The quantitative estimate of drug-likeness (QED) is 0.943. The molecule has 0 unspecified atom stereocenters. The largest absolute Gasteiger partial charge is 0.380 e. The lowest BCUT2D eigenvalue weighted by Gasteiger charge is -2.33. The molecule has 5 nitrogen and oxygen atoms in total. The number of rotatable bonds is 4. The number of anilines is 2. The molecule has 120 valence electrons. The van der Waals surface area contributed by atoms with Gasteiger partial charge in [0.15, 0.2) is 0 Å². The number of ether oxygens (including phenoxy) is 1. The number of benzene rings is 1. The second-order valence-electron chi connectivity index (χ2n) is 5.69. The number of pyridine rings is 1. The van der Waals surface area contributed by atoms with Gasteiger partial charge in [-0.15, -0.1) is 0 Å². The van der Waals surface area contributed by atoms with E-state index in [0.29, 0.717) is 11.7 Å². The maximum Gasteiger partial charge on any atom is 0.257 e. The van der Waals surface area contributed by atoms with Crippen LogP contribution in [-0.4, -0.2) is 37.2 Å². The lowest BCUT2D eigenvalue weighted by Crippen LogP contribution is -2.39. The Morgan fingerprint density at radius 1 is 1.30 bits per heavy atom. The summed E-state index contributed by atoms with van der Waals surface area (Å²) in [7, 11) is 1.77. The molecule has 0 radical (unpaired) electrons. The average Bonchev–Trinajstić information content (AvgIpc) is 2.63. The van der Waals surface area contributed by atoms with E-state index in [1.54, 1.807) is 31.6 Å². The van der Waals surface area contributed by atoms with E-state index < -0.39 is 0 Å². The summed E-state index contributed by atoms with van der Waals surface area (Å²) in [5, 5.41) is 2.89. The Morgan fingerprint density at radius 2 is 2.13 bits per heavy atom. The Kier molecular flexibility index (Phi) is 4.88. The van der Waals surface area contributed by atoms with Gasteiger partial charge >= 0.3 is 0 Å². The number of aromatic nitrogens is 1. The molecule has 1 atom stereocenters. The maximum atomic E-state index is 12.1. The Hall–Kier alpha value is -2.40. The van der Waals surface area contributed by atoms with Crippen LogP contribution in [0.15, 0.2) is 48.8 Å². The fourth-order valence-electron chi connectivity index (χ4n) is 2.82. The third kappa shape index (κ3) is 3.87. The van der Waals surface area contributed by atoms with Crippen molar-refractivity contribution in [1.29, 1.82) is 0 Å². The number of carbonyl (C=O) groups is 1. The van der Waals surface area contributed by atoms with E-state index in [9.17, 15) is 4.79 Å². The number of amides is 1. The van der Waals surface area contributed by atoms with Gasteiger partial charge in [-0.3, -0.25) is 9.78 Å². The Bertz CT molecular complexity index is 643. The molecule has 1 amide bonds. The minimum absolute atomic E-state index is 0.150. The van der Waals surface area contributed by atoms with Gasteiger partial charge < -0.3 is 15.0 Å². The lowest BCUT2D eigenvalue weighted by molar-refractivity contribution is 0.0893. The zero-order valence-corrected chi connectivity index (χ0v) is 13.2. The summed E-state index contributed by atoms with van der Waals surface area (Å²) in [6.45, 7) is 1.96. The van der Waals surface area contributed by atoms with Crippen LogP contribution in [0.4, 0.5) is 11.4 Å². The topological polar surface area (TPSA) is 54.5 Å². The Balaban J connectivity index is 1.64. The molecule has 0 saturated carbocycles. The summed E-state index contributed by atoms with van der Waals surface area (Å²) in [4.78, 5) is 18.4. The molecule has 1 aromatic carbocycles. The molecule has 3 rings (SSSR count). The van der Waals surface area contributed by atoms with Crippen LogP contribution >= 0.6 is 0 Å². The predicted octanol–water partition coefficient (Wildman–Crippen LogP) is 2.95. The molecule has 0 bridgehead atoms. The van der Waals surface area contributed by atoms with Crippen molar-refractivity contribution < 1.29 is 9.53 Å². The number of nitrogens with one attached hydrogen (secondary N) is 1. The van der Waals surface area contributed by atoms with Crippen molar-refractivity contribution in [3.8, 4) is 0 Å². The fraction of sp³-hybridized carbons (Fsp3) is 0.333. The van der Waals surface area contributed by atoms with E-state index in [-0.39, 0.29) is 5.91 Å². The van der Waals surface area contributed by atoms with E-state index in [2.05, 4.69) is 15.2 Å². The molecule has 0 aliphatic carbocycles. The van der Waals surface area contributed by atoms with Gasteiger partial charge in [0.05, 0.1) is 11.7 Å². The van der Waals surface area contributed by atoms with Crippen LogP contribution in [0.5, 0.6) is 0 Å². The smallest absolute Gasteiger partial charge is 0.257 e. The van der Waals surface area contributed by atoms with Crippen LogP contribution in [0.1, 0.15) is 23.2 Å². The van der Waals surface area contributed by atoms with Crippen LogP contribution in [0.2, 0.25) is 0 Å². The van der Waals surface area contributed by atoms with Crippen LogP contribution < -0.4 is 10.2 Å². The molecule has 23 heavy (non-hydrogen) atoms. The molecule has 5 heteroatoms. The molecule has 1 N–H and O–H groups in total. The number of nitrogens with zero attached hydrogens (tertiary/aromatic N) is 2. The van der Waals surface area contributed by atoms with Crippen molar-refractivity contribution in [2.24, 2.45) is 0 Å². The summed E-state index contributed by atoms with van der Waals surface area (Å²) in [5.41, 5.74) is 2.49. The molecule has 1 saturated heterocycles. The summed E-state index contributed by atoms with van der Waals surface area (Å²) in [5.74, 6) is -0.150. The Morgan fingerprint density at radius 3 is 2.83 bits per heavy atom. The van der Waals surface area contributed by atoms with Crippen molar-refractivity contribution >= 4 is 17.3 Å². The van der Waals surface area contributed by atoms with Crippen molar-refractivity contribution in [2.75, 3.05) is 30.4 Å². The second-order valence-corrected chi connectivity index (χ2v) is 5.69. The molecule has 1 aromatic heterocycles. The number of piperidine rings is 1. The highest BCUT2D eigenvalue weighted by Gasteiger charge is 2.19. The standard InChI is InChI=1S/C18H21N3O2/c1-23-17-5-3-11-21(13-17)16-8-6-15(7-9-16)20-18(22)14-4-2-10-19-12-14/h2,4,6-10,12,17H,3,5,11,13H2,1H3,(H,20,22)/t17-/m0/s1. The second kappa shape index (κ2) is 7.24. The van der Waals surface area contributed by atoms with Gasteiger partial charge in [-0.2, -0.15) is 0 Å². The highest BCUT2D eigenvalue weighted by molar-refractivity contribution is 6.04. The van der Waals surface area contributed by atoms with Crippen LogP contribution in [-0.2, 0) is 4.74 Å². The van der Waals surface area contributed by atoms with Gasteiger partial charge in [-0.25, -0.2) is 0 Å². The van der Waals surface area contributed by atoms with Gasteiger partial charge in [0.2, 0.25) is 0 Å². The normalized spacial score (nSPS) is 17.8. The van der Waals surface area contributed by atoms with Crippen LogP contribution in [0, 0.1) is 0 Å². The molecule has 1 aliphatic rings. The molecule has 2 heterocycles. The zero-order valence-electron chi connectivity index (χ0n) is 13.2. The van der Waals surface area contributed by atoms with E-state index in [4.69, 9.17) is 4.74 Å². The van der Waals surface area contributed by atoms with E-state index in [1.165, 1.54) is 0 Å². The van der Waals surface area contributed by atoms with Crippen molar-refractivity contribution in [1.82, 2.24) is 4.98 Å². The lowest BCUT2D eigenvalue weighted by atomic mass is 10.1. The van der Waals surface area contributed by atoms with Gasteiger partial charge in [0.25, 0.3) is 5.91 Å². The number of carbonyl (C=O) groups excluding carboxylic acids is 1. The van der Waals surface area contributed by atoms with Crippen molar-refractivity contribution in [2.45, 2.75) is 18.9 Å². The first-order valence-corrected chi connectivity index (χ1v) is 7.85. The van der Waals surface area contributed by atoms with Crippen LogP contribution in [0.25, 0.3) is 0 Å². The summed E-state index contributed by atoms with van der Waals surface area (Å²) in [6, 6.07) is 11.4. The zero-order chi connectivity index (χ0) is 16.1. The summed E-state index contributed by atoms with van der Waals surface area (Å²) < 4.78 is 5.46. The van der Waals surface area contributed by atoms with E-state index in [0.717, 1.165) is 37.3 Å². The van der Waals surface area contributed by atoms with Crippen molar-refractivity contribution in [3.63, 3.8) is 0 Å². The molecular weight excluding hydrogens is 290 g/mol. The first kappa shape index (κ1) is 15.5. The third-order valence-corrected chi connectivity index (χ3v) is 4.13. The first-order valence-electron chi connectivity index (χ1n) is 7.85. The van der Waals surface area contributed by atoms with Gasteiger partial charge in [-0.05, 0) is 49.2 Å². The predicted molar refractivity (Wildman–Crippen MR) is 90.9 cm³/mol. The number of methoxy groups -OCH3 is 1. The SMILES string of the molecule is CO[C@H]1CCCN(c2ccc(NC(=O)c3cccnc3)cc2)C1. The Labute approximate surface area is 136 Å². The van der Waals surface area contributed by atoms with Gasteiger partial charge in [-0.1, -0.05) is 0 Å². The molecule has 1 fully saturated rings.